The first kappa shape index (κ1) is 20.5. The molecule has 0 aromatic heterocycles. The molecule has 7 atom stereocenters. The van der Waals surface area contributed by atoms with Gasteiger partial charge in [-0.25, -0.2) is 9.59 Å². The molecule has 1 saturated heterocycles. The lowest BCUT2D eigenvalue weighted by Gasteiger charge is -2.58. The predicted octanol–water partition coefficient (Wildman–Crippen LogP) is 0.0824. The van der Waals surface area contributed by atoms with Crippen LogP contribution in [0.1, 0.15) is 30.4 Å². The van der Waals surface area contributed by atoms with Gasteiger partial charge in [-0.15, -0.1) is 0 Å². The van der Waals surface area contributed by atoms with Crippen LogP contribution in [0.4, 0.5) is 0 Å². The summed E-state index contributed by atoms with van der Waals surface area (Å²) < 4.78 is 17.6. The number of rotatable bonds is 5. The van der Waals surface area contributed by atoms with Crippen LogP contribution in [0.25, 0.3) is 0 Å². The van der Waals surface area contributed by atoms with E-state index in [1.165, 1.54) is 5.56 Å². The first-order valence-electron chi connectivity index (χ1n) is 10.7. The van der Waals surface area contributed by atoms with Gasteiger partial charge in [-0.1, -0.05) is 6.07 Å². The smallest absolute Gasteiger partial charge is 0.338 e. The molecule has 1 aromatic carbocycles. The summed E-state index contributed by atoms with van der Waals surface area (Å²) in [5, 5.41) is 28.4. The lowest BCUT2D eigenvalue weighted by Crippen LogP contribution is -2.66. The molecule has 5 rings (SSSR count). The summed E-state index contributed by atoms with van der Waals surface area (Å²) in [4.78, 5) is 25.8. The largest absolute Gasteiger partial charge is 0.493 e. The molecule has 0 amide bonds. The molecule has 1 aromatic rings. The van der Waals surface area contributed by atoms with Gasteiger partial charge in [-0.2, -0.15) is 0 Å². The highest BCUT2D eigenvalue weighted by atomic mass is 16.6. The number of carboxylic acids is 1. The molecule has 4 aliphatic rings. The molecule has 1 saturated carbocycles. The van der Waals surface area contributed by atoms with Gasteiger partial charge in [-0.05, 0) is 56.8 Å². The number of likely N-dealkylation sites (N-methyl/N-ethyl adjacent to an activating group) is 1. The van der Waals surface area contributed by atoms with Crippen molar-refractivity contribution in [1.82, 2.24) is 4.90 Å². The number of esters is 1. The predicted molar refractivity (Wildman–Crippen MR) is 106 cm³/mol. The lowest BCUT2D eigenvalue weighted by atomic mass is 9.51. The molecular weight excluding hydrogens is 406 g/mol. The molecule has 9 nitrogen and oxygen atoms in total. The monoisotopic (exact) mass is 433 g/mol. The topological polar surface area (TPSA) is 126 Å². The summed E-state index contributed by atoms with van der Waals surface area (Å²) in [6.07, 6.45) is -2.38. The Bertz CT molecular complexity index is 934. The van der Waals surface area contributed by atoms with Crippen LogP contribution < -0.4 is 9.47 Å². The van der Waals surface area contributed by atoms with E-state index in [1.807, 2.05) is 6.07 Å². The Labute approximate surface area is 179 Å². The fourth-order valence-electron chi connectivity index (χ4n) is 6.44. The molecule has 1 spiro atoms. The number of hydrogen-bond acceptors (Lipinski definition) is 8. The molecule has 168 valence electrons. The van der Waals surface area contributed by atoms with Crippen molar-refractivity contribution in [2.45, 2.75) is 61.6 Å². The van der Waals surface area contributed by atoms with Gasteiger partial charge in [0.05, 0.1) is 7.11 Å². The van der Waals surface area contributed by atoms with Crippen molar-refractivity contribution in [3.63, 3.8) is 0 Å². The van der Waals surface area contributed by atoms with Crippen molar-refractivity contribution in [3.05, 3.63) is 23.3 Å². The fourth-order valence-corrected chi connectivity index (χ4v) is 6.44. The number of benzene rings is 1. The van der Waals surface area contributed by atoms with Crippen LogP contribution in [0, 0.1) is 5.92 Å². The number of piperidine rings is 1. The molecule has 31 heavy (non-hydrogen) atoms. The van der Waals surface area contributed by atoms with E-state index in [2.05, 4.69) is 18.0 Å². The van der Waals surface area contributed by atoms with E-state index in [0.29, 0.717) is 29.9 Å². The number of carbonyl (C=O) groups excluding carboxylic acids is 1. The van der Waals surface area contributed by atoms with Gasteiger partial charge >= 0.3 is 11.9 Å². The Morgan fingerprint density at radius 3 is 2.74 bits per heavy atom. The second kappa shape index (κ2) is 7.08. The molecule has 2 unspecified atom stereocenters. The molecule has 3 N–H and O–H groups in total. The van der Waals surface area contributed by atoms with Crippen LogP contribution in [-0.2, 0) is 26.2 Å². The van der Waals surface area contributed by atoms with E-state index in [9.17, 15) is 19.8 Å². The Morgan fingerprint density at radius 1 is 1.26 bits per heavy atom. The Balaban J connectivity index is 1.52. The second-order valence-corrected chi connectivity index (χ2v) is 9.10. The van der Waals surface area contributed by atoms with Crippen molar-refractivity contribution < 1.29 is 39.1 Å². The van der Waals surface area contributed by atoms with Crippen molar-refractivity contribution >= 4 is 11.9 Å². The molecule has 0 radical (unpaired) electrons. The summed E-state index contributed by atoms with van der Waals surface area (Å²) in [5.74, 6) is -1.16. The van der Waals surface area contributed by atoms with Gasteiger partial charge in [-0.3, -0.25) is 0 Å². The van der Waals surface area contributed by atoms with Crippen LogP contribution in [0.3, 0.4) is 0 Å². The van der Waals surface area contributed by atoms with Gasteiger partial charge < -0.3 is 34.4 Å². The second-order valence-electron chi connectivity index (χ2n) is 9.10. The van der Waals surface area contributed by atoms with E-state index in [0.717, 1.165) is 31.4 Å². The number of aliphatic carboxylic acids is 1. The Morgan fingerprint density at radius 2 is 2.03 bits per heavy atom. The molecule has 9 heteroatoms. The summed E-state index contributed by atoms with van der Waals surface area (Å²) in [6, 6.07) is 4.37. The molecule has 2 fully saturated rings. The number of ether oxygens (including phenoxy) is 3. The van der Waals surface area contributed by atoms with E-state index in [4.69, 9.17) is 19.3 Å². The van der Waals surface area contributed by atoms with Gasteiger partial charge in [0, 0.05) is 17.0 Å². The highest BCUT2D eigenvalue weighted by molar-refractivity contribution is 5.84. The normalized spacial score (nSPS) is 34.8. The zero-order chi connectivity index (χ0) is 22.1. The molecule has 2 heterocycles. The first-order valence-corrected chi connectivity index (χ1v) is 10.7. The van der Waals surface area contributed by atoms with Crippen molar-refractivity contribution in [1.29, 1.82) is 0 Å². The van der Waals surface area contributed by atoms with Crippen LogP contribution in [-0.4, -0.2) is 83.3 Å². The summed E-state index contributed by atoms with van der Waals surface area (Å²) in [5.41, 5.74) is 2.05. The van der Waals surface area contributed by atoms with Gasteiger partial charge in [0.1, 0.15) is 12.2 Å². The van der Waals surface area contributed by atoms with Crippen LogP contribution in [0.5, 0.6) is 11.5 Å². The van der Waals surface area contributed by atoms with E-state index >= 15 is 0 Å². The number of likely N-dealkylation sites (tertiary alicyclic amines) is 1. The SMILES string of the molecule is COc1ccc2c3c1O[C@H]1[C@@H](OC(=O)C(O)C(O)C(=O)O)CC[C@H]4[C@@H](C2)N(C)CC[C@@]341. The average Bonchev–Trinajstić information content (AvgIpc) is 3.11. The van der Waals surface area contributed by atoms with Crippen molar-refractivity contribution in [2.75, 3.05) is 20.7 Å². The standard InChI is InChI=1S/C22H27NO8/c1-23-8-7-22-11-4-6-14(30-21(28)17(25)16(24)20(26)27)19(22)31-18-13(29-2)5-3-10(15(18)22)9-12(11)23/h3,5,11-12,14,16-17,19,24-25H,4,6-9H2,1-2H3,(H,26,27)/t11-,12+,14-,16?,17?,19-,22-/m0/s1. The minimum absolute atomic E-state index is 0.325. The highest BCUT2D eigenvalue weighted by Gasteiger charge is 2.66. The zero-order valence-corrected chi connectivity index (χ0v) is 17.5. The van der Waals surface area contributed by atoms with Gasteiger partial charge in [0.15, 0.2) is 23.7 Å². The highest BCUT2D eigenvalue weighted by Crippen LogP contribution is 2.64. The van der Waals surface area contributed by atoms with Gasteiger partial charge in [0.2, 0.25) is 0 Å². The number of aliphatic hydroxyl groups excluding tert-OH is 2. The van der Waals surface area contributed by atoms with Crippen LogP contribution in [0.2, 0.25) is 0 Å². The number of carbonyl (C=O) groups is 2. The summed E-state index contributed by atoms with van der Waals surface area (Å²) in [6.45, 7) is 0.887. The summed E-state index contributed by atoms with van der Waals surface area (Å²) >= 11 is 0. The van der Waals surface area contributed by atoms with E-state index in [1.54, 1.807) is 7.11 Å². The average molecular weight is 433 g/mol. The van der Waals surface area contributed by atoms with Crippen LogP contribution >= 0.6 is 0 Å². The molecule has 2 aliphatic heterocycles. The maximum absolute atomic E-state index is 12.4. The first-order chi connectivity index (χ1) is 14.8. The number of carboxylic acid groups (broad SMARTS) is 1. The number of aliphatic hydroxyl groups is 2. The van der Waals surface area contributed by atoms with Crippen LogP contribution in [0.15, 0.2) is 12.1 Å². The van der Waals surface area contributed by atoms with E-state index in [-0.39, 0.29) is 5.41 Å². The lowest BCUT2D eigenvalue weighted by molar-refractivity contribution is -0.184. The third kappa shape index (κ3) is 2.73. The number of hydrogen-bond donors (Lipinski definition) is 3. The summed E-state index contributed by atoms with van der Waals surface area (Å²) in [7, 11) is 3.74. The third-order valence-electron chi connectivity index (χ3n) is 7.81. The fraction of sp³-hybridized carbons (Fsp3) is 0.636. The van der Waals surface area contributed by atoms with E-state index < -0.39 is 36.4 Å². The minimum atomic E-state index is -2.24. The molecular formula is C22H27NO8. The Kier molecular flexibility index (Phi) is 4.69. The third-order valence-corrected chi connectivity index (χ3v) is 7.81. The molecule has 2 bridgehead atoms. The molecule has 2 aliphatic carbocycles. The number of nitrogens with zero attached hydrogens (tertiary/aromatic N) is 1. The van der Waals surface area contributed by atoms with Crippen molar-refractivity contribution in [3.8, 4) is 11.5 Å². The minimum Gasteiger partial charge on any atom is -0.493 e. The van der Waals surface area contributed by atoms with Crippen molar-refractivity contribution in [2.24, 2.45) is 5.92 Å². The zero-order valence-electron chi connectivity index (χ0n) is 17.5. The maximum atomic E-state index is 12.4. The van der Waals surface area contributed by atoms with Gasteiger partial charge in [0.25, 0.3) is 0 Å². The number of methoxy groups -OCH3 is 1. The quantitative estimate of drug-likeness (QED) is 0.554. The maximum Gasteiger partial charge on any atom is 0.338 e. The Hall–Kier alpha value is -2.36.